The van der Waals surface area contributed by atoms with Gasteiger partial charge in [0.05, 0.1) is 27.7 Å². The van der Waals surface area contributed by atoms with E-state index in [0.29, 0.717) is 0 Å². The van der Waals surface area contributed by atoms with Gasteiger partial charge in [0.15, 0.2) is 0 Å². The van der Waals surface area contributed by atoms with Crippen LogP contribution in [0.25, 0.3) is 0 Å². The third-order valence-corrected chi connectivity index (χ3v) is 4.39. The van der Waals surface area contributed by atoms with Crippen molar-refractivity contribution < 1.29 is 4.48 Å². The molecule has 0 aromatic heterocycles. The van der Waals surface area contributed by atoms with Crippen LogP contribution in [0.4, 0.5) is 0 Å². The Kier molecular flexibility index (Phi) is 15.7. The van der Waals surface area contributed by atoms with E-state index in [9.17, 15) is 0 Å². The van der Waals surface area contributed by atoms with E-state index >= 15 is 0 Å². The van der Waals surface area contributed by atoms with E-state index in [1.54, 1.807) is 0 Å². The molecule has 0 spiro atoms. The van der Waals surface area contributed by atoms with E-state index in [1.807, 2.05) is 0 Å². The monoisotopic (exact) mass is 313 g/mol. The number of rotatable bonds is 17. The Morgan fingerprint density at radius 1 is 0.545 bits per heavy atom. The lowest BCUT2D eigenvalue weighted by Gasteiger charge is -2.23. The summed E-state index contributed by atoms with van der Waals surface area (Å²) < 4.78 is 1.08. The predicted octanol–water partition coefficient (Wildman–Crippen LogP) is 5.37. The molecule has 0 aliphatic heterocycles. The van der Waals surface area contributed by atoms with Crippen LogP contribution in [0.3, 0.4) is 0 Å². The van der Waals surface area contributed by atoms with Gasteiger partial charge in [-0.2, -0.15) is 0 Å². The summed E-state index contributed by atoms with van der Waals surface area (Å²) in [6.07, 6.45) is 18.6. The molecule has 0 aromatic carbocycles. The van der Waals surface area contributed by atoms with Gasteiger partial charge in [-0.1, -0.05) is 77.6 Å². The van der Waals surface area contributed by atoms with Crippen LogP contribution in [0.15, 0.2) is 0 Å². The number of nitrogens with one attached hydrogen (secondary N) is 1. The van der Waals surface area contributed by atoms with Crippen molar-refractivity contribution in [3.63, 3.8) is 0 Å². The fourth-order valence-electron chi connectivity index (χ4n) is 2.89. The van der Waals surface area contributed by atoms with Gasteiger partial charge >= 0.3 is 0 Å². The molecule has 0 saturated carbocycles. The van der Waals surface area contributed by atoms with Crippen molar-refractivity contribution in [2.75, 3.05) is 40.8 Å². The SMILES string of the molecule is CCCCCCCCCCCCCCNCCC[N+](C)(C)C. The van der Waals surface area contributed by atoms with Gasteiger partial charge in [-0.15, -0.1) is 0 Å². The molecule has 0 unspecified atom stereocenters. The van der Waals surface area contributed by atoms with Crippen molar-refractivity contribution in [3.05, 3.63) is 0 Å². The number of nitrogens with zero attached hydrogens (tertiary/aromatic N) is 1. The van der Waals surface area contributed by atoms with Gasteiger partial charge < -0.3 is 9.80 Å². The summed E-state index contributed by atoms with van der Waals surface area (Å²) in [7, 11) is 6.81. The molecular weight excluding hydrogens is 268 g/mol. The summed E-state index contributed by atoms with van der Waals surface area (Å²) >= 11 is 0. The van der Waals surface area contributed by atoms with Crippen LogP contribution in [0.5, 0.6) is 0 Å². The highest BCUT2D eigenvalue weighted by atomic mass is 15.3. The second-order valence-corrected chi connectivity index (χ2v) is 8.01. The molecule has 0 saturated heterocycles. The fourth-order valence-corrected chi connectivity index (χ4v) is 2.89. The number of hydrogen-bond donors (Lipinski definition) is 1. The zero-order chi connectivity index (χ0) is 16.5. The lowest BCUT2D eigenvalue weighted by atomic mass is 10.1. The van der Waals surface area contributed by atoms with Gasteiger partial charge in [0.2, 0.25) is 0 Å². The van der Waals surface area contributed by atoms with Crippen LogP contribution in [-0.4, -0.2) is 45.3 Å². The minimum Gasteiger partial charge on any atom is -0.331 e. The molecule has 2 heteroatoms. The van der Waals surface area contributed by atoms with Crippen molar-refractivity contribution in [2.24, 2.45) is 0 Å². The van der Waals surface area contributed by atoms with Crippen molar-refractivity contribution in [1.82, 2.24) is 5.32 Å². The minimum atomic E-state index is 1.08. The van der Waals surface area contributed by atoms with Crippen LogP contribution < -0.4 is 5.32 Å². The van der Waals surface area contributed by atoms with E-state index in [4.69, 9.17) is 0 Å². The summed E-state index contributed by atoms with van der Waals surface area (Å²) in [5.74, 6) is 0. The first kappa shape index (κ1) is 21.9. The normalized spacial score (nSPS) is 12.0. The van der Waals surface area contributed by atoms with Crippen molar-refractivity contribution in [1.29, 1.82) is 0 Å². The lowest BCUT2D eigenvalue weighted by molar-refractivity contribution is -0.870. The highest BCUT2D eigenvalue weighted by Crippen LogP contribution is 2.11. The Morgan fingerprint density at radius 3 is 1.41 bits per heavy atom. The average molecular weight is 314 g/mol. The number of hydrogen-bond acceptors (Lipinski definition) is 1. The first-order valence-electron chi connectivity index (χ1n) is 10.1. The minimum absolute atomic E-state index is 1.08. The Morgan fingerprint density at radius 2 is 0.955 bits per heavy atom. The molecule has 0 amide bonds. The Labute approximate surface area is 141 Å². The van der Waals surface area contributed by atoms with Crippen LogP contribution in [-0.2, 0) is 0 Å². The molecule has 134 valence electrons. The maximum atomic E-state index is 3.58. The first-order chi connectivity index (χ1) is 10.6. The quantitative estimate of drug-likeness (QED) is 0.281. The van der Waals surface area contributed by atoms with E-state index in [-0.39, 0.29) is 0 Å². The van der Waals surface area contributed by atoms with Gasteiger partial charge in [0.1, 0.15) is 0 Å². The molecule has 0 atom stereocenters. The molecule has 22 heavy (non-hydrogen) atoms. The Bertz CT molecular complexity index is 208. The third-order valence-electron chi connectivity index (χ3n) is 4.39. The number of unbranched alkanes of at least 4 members (excludes halogenated alkanes) is 11. The second kappa shape index (κ2) is 15.8. The van der Waals surface area contributed by atoms with Gasteiger partial charge in [-0.05, 0) is 13.0 Å². The van der Waals surface area contributed by atoms with E-state index < -0.39 is 0 Å². The molecule has 0 aromatic rings. The maximum absolute atomic E-state index is 3.58. The summed E-state index contributed by atoms with van der Waals surface area (Å²) in [6.45, 7) is 5.97. The largest absolute Gasteiger partial charge is 0.331 e. The molecule has 0 fully saturated rings. The molecule has 0 heterocycles. The summed E-state index contributed by atoms with van der Waals surface area (Å²) in [5.41, 5.74) is 0. The van der Waals surface area contributed by atoms with Gasteiger partial charge in [0, 0.05) is 13.0 Å². The Hall–Kier alpha value is -0.0800. The standard InChI is InChI=1S/C20H45N2/c1-5-6-7-8-9-10-11-12-13-14-15-16-18-21-19-17-20-22(2,3)4/h21H,5-20H2,1-4H3/q+1. The molecular formula is C20H45N2+. The average Bonchev–Trinajstić information content (AvgIpc) is 2.45. The van der Waals surface area contributed by atoms with E-state index in [0.717, 1.165) is 4.48 Å². The summed E-state index contributed by atoms with van der Waals surface area (Å²) in [5, 5.41) is 3.58. The predicted molar refractivity (Wildman–Crippen MR) is 101 cm³/mol. The van der Waals surface area contributed by atoms with Gasteiger partial charge in [0.25, 0.3) is 0 Å². The van der Waals surface area contributed by atoms with Crippen LogP contribution in [0, 0.1) is 0 Å². The molecule has 0 aliphatic carbocycles. The first-order valence-corrected chi connectivity index (χ1v) is 10.1. The highest BCUT2D eigenvalue weighted by Gasteiger charge is 2.04. The molecule has 1 N–H and O–H groups in total. The molecule has 2 nitrogen and oxygen atoms in total. The molecule has 0 aliphatic rings. The van der Waals surface area contributed by atoms with Gasteiger partial charge in [-0.25, -0.2) is 0 Å². The maximum Gasteiger partial charge on any atom is 0.0792 e. The smallest absolute Gasteiger partial charge is 0.0792 e. The van der Waals surface area contributed by atoms with Crippen molar-refractivity contribution >= 4 is 0 Å². The third kappa shape index (κ3) is 19.9. The zero-order valence-electron chi connectivity index (χ0n) is 16.3. The Balaban J connectivity index is 3.00. The molecule has 0 bridgehead atoms. The lowest BCUT2D eigenvalue weighted by Crippen LogP contribution is -2.36. The highest BCUT2D eigenvalue weighted by molar-refractivity contribution is 4.51. The van der Waals surface area contributed by atoms with Crippen LogP contribution in [0.2, 0.25) is 0 Å². The second-order valence-electron chi connectivity index (χ2n) is 8.01. The van der Waals surface area contributed by atoms with E-state index in [2.05, 4.69) is 33.4 Å². The number of quaternary nitrogens is 1. The van der Waals surface area contributed by atoms with Crippen molar-refractivity contribution in [3.8, 4) is 0 Å². The summed E-state index contributed by atoms with van der Waals surface area (Å²) in [4.78, 5) is 0. The molecule has 0 radical (unpaired) electrons. The topological polar surface area (TPSA) is 12.0 Å². The van der Waals surface area contributed by atoms with E-state index in [1.165, 1.54) is 103 Å². The van der Waals surface area contributed by atoms with Gasteiger partial charge in [-0.3, -0.25) is 0 Å². The fraction of sp³-hybridized carbons (Fsp3) is 1.00. The van der Waals surface area contributed by atoms with Crippen molar-refractivity contribution in [2.45, 2.75) is 90.4 Å². The molecule has 0 rings (SSSR count). The summed E-state index contributed by atoms with van der Waals surface area (Å²) in [6, 6.07) is 0. The van der Waals surface area contributed by atoms with Crippen LogP contribution in [0.1, 0.15) is 90.4 Å². The van der Waals surface area contributed by atoms with Crippen LogP contribution >= 0.6 is 0 Å². The zero-order valence-corrected chi connectivity index (χ0v) is 16.3.